The third kappa shape index (κ3) is 5.55. The van der Waals surface area contributed by atoms with Gasteiger partial charge in [-0.1, -0.05) is 35.6 Å². The second-order valence-corrected chi connectivity index (χ2v) is 9.30. The summed E-state index contributed by atoms with van der Waals surface area (Å²) in [4.78, 5) is 32.9. The number of ether oxygens (including phenoxy) is 1. The second kappa shape index (κ2) is 10.4. The van der Waals surface area contributed by atoms with Gasteiger partial charge in [-0.2, -0.15) is 0 Å². The number of aromatic nitrogens is 1. The van der Waals surface area contributed by atoms with E-state index in [9.17, 15) is 14.9 Å². The Kier molecular flexibility index (Phi) is 7.32. The summed E-state index contributed by atoms with van der Waals surface area (Å²) in [5, 5.41) is 11.6. The van der Waals surface area contributed by atoms with Crippen molar-refractivity contribution in [2.75, 3.05) is 44.3 Å². The van der Waals surface area contributed by atoms with Crippen LogP contribution in [0.4, 0.5) is 10.8 Å². The molecule has 33 heavy (non-hydrogen) atoms. The van der Waals surface area contributed by atoms with Gasteiger partial charge in [0.25, 0.3) is 5.69 Å². The first-order valence-electron chi connectivity index (χ1n) is 11.1. The molecular formula is C24H28N4O4S. The first-order chi connectivity index (χ1) is 15.9. The van der Waals surface area contributed by atoms with Gasteiger partial charge in [0.05, 0.1) is 34.8 Å². The van der Waals surface area contributed by atoms with Gasteiger partial charge in [0.15, 0.2) is 5.13 Å². The SMILES string of the molecule is Cc1ccc(C)c2sc(N(CCCN3CCOCC3)C(=O)Cc3ccc([N+](=O)[O-])cc3)nc12. The van der Waals surface area contributed by atoms with Crippen molar-refractivity contribution in [3.8, 4) is 0 Å². The number of anilines is 1. The summed E-state index contributed by atoms with van der Waals surface area (Å²) in [6, 6.07) is 10.3. The number of hydrogen-bond acceptors (Lipinski definition) is 7. The molecule has 0 atom stereocenters. The number of carbonyl (C=O) groups excluding carboxylic acids is 1. The normalized spacial score (nSPS) is 14.5. The summed E-state index contributed by atoms with van der Waals surface area (Å²) in [6.45, 7) is 8.89. The molecule has 2 heterocycles. The summed E-state index contributed by atoms with van der Waals surface area (Å²) in [5.74, 6) is -0.0554. The highest BCUT2D eigenvalue weighted by molar-refractivity contribution is 7.22. The van der Waals surface area contributed by atoms with E-state index in [4.69, 9.17) is 9.72 Å². The molecule has 2 aromatic carbocycles. The molecule has 3 aromatic rings. The Bertz CT molecular complexity index is 1100. The Morgan fingerprint density at radius 2 is 1.85 bits per heavy atom. The maximum atomic E-state index is 13.4. The number of hydrogen-bond donors (Lipinski definition) is 0. The lowest BCUT2D eigenvalue weighted by Gasteiger charge is -2.27. The molecule has 1 saturated heterocycles. The van der Waals surface area contributed by atoms with Crippen molar-refractivity contribution >= 4 is 38.3 Å². The van der Waals surface area contributed by atoms with Gasteiger partial charge in [-0.3, -0.25) is 24.7 Å². The van der Waals surface area contributed by atoms with Gasteiger partial charge < -0.3 is 4.74 Å². The fourth-order valence-corrected chi connectivity index (χ4v) is 5.13. The van der Waals surface area contributed by atoms with Gasteiger partial charge in [-0.15, -0.1) is 0 Å². The molecule has 0 radical (unpaired) electrons. The van der Waals surface area contributed by atoms with Crippen molar-refractivity contribution in [1.82, 2.24) is 9.88 Å². The molecule has 0 saturated carbocycles. The maximum Gasteiger partial charge on any atom is 0.269 e. The van der Waals surface area contributed by atoms with E-state index in [1.807, 2.05) is 6.92 Å². The van der Waals surface area contributed by atoms with Gasteiger partial charge in [-0.25, -0.2) is 4.98 Å². The highest BCUT2D eigenvalue weighted by Crippen LogP contribution is 2.33. The number of carbonyl (C=O) groups is 1. The summed E-state index contributed by atoms with van der Waals surface area (Å²) >= 11 is 1.55. The number of non-ortho nitro benzene ring substituents is 1. The number of fused-ring (bicyclic) bond motifs is 1. The predicted molar refractivity (Wildman–Crippen MR) is 130 cm³/mol. The zero-order valence-electron chi connectivity index (χ0n) is 19.0. The van der Waals surface area contributed by atoms with Crippen molar-refractivity contribution in [2.24, 2.45) is 0 Å². The number of aryl methyl sites for hydroxylation is 2. The van der Waals surface area contributed by atoms with E-state index in [1.54, 1.807) is 28.4 Å². The first-order valence-corrected chi connectivity index (χ1v) is 11.9. The summed E-state index contributed by atoms with van der Waals surface area (Å²) in [5.41, 5.74) is 3.95. The Hall–Kier alpha value is -2.88. The van der Waals surface area contributed by atoms with E-state index in [-0.39, 0.29) is 18.0 Å². The minimum Gasteiger partial charge on any atom is -0.379 e. The second-order valence-electron chi connectivity index (χ2n) is 8.33. The molecule has 0 spiro atoms. The number of benzene rings is 2. The minimum atomic E-state index is -0.435. The standard InChI is InChI=1S/C24H28N4O4S/c1-17-4-5-18(2)23-22(17)25-24(33-23)27(11-3-10-26-12-14-32-15-13-26)21(29)16-19-6-8-20(9-7-19)28(30)31/h4-9H,3,10-16H2,1-2H3. The number of nitro groups is 1. The fourth-order valence-electron chi connectivity index (χ4n) is 3.97. The smallest absolute Gasteiger partial charge is 0.269 e. The van der Waals surface area contributed by atoms with Crippen molar-refractivity contribution in [2.45, 2.75) is 26.7 Å². The molecule has 9 heteroatoms. The van der Waals surface area contributed by atoms with E-state index in [1.165, 1.54) is 12.1 Å². The van der Waals surface area contributed by atoms with E-state index in [2.05, 4.69) is 24.0 Å². The van der Waals surface area contributed by atoms with Crippen LogP contribution in [0.5, 0.6) is 0 Å². The van der Waals surface area contributed by atoms with Crippen molar-refractivity contribution in [3.63, 3.8) is 0 Å². The van der Waals surface area contributed by atoms with Crippen LogP contribution in [-0.4, -0.2) is 60.1 Å². The van der Waals surface area contributed by atoms with Crippen LogP contribution in [-0.2, 0) is 16.0 Å². The van der Waals surface area contributed by atoms with Gasteiger partial charge >= 0.3 is 0 Å². The number of nitro benzene ring substituents is 1. The third-order valence-corrected chi connectivity index (χ3v) is 7.14. The monoisotopic (exact) mass is 468 g/mol. The van der Waals surface area contributed by atoms with E-state index in [0.717, 1.165) is 66.2 Å². The lowest BCUT2D eigenvalue weighted by Crippen LogP contribution is -2.39. The quantitative estimate of drug-likeness (QED) is 0.365. The Morgan fingerprint density at radius 1 is 1.15 bits per heavy atom. The molecule has 4 rings (SSSR count). The maximum absolute atomic E-state index is 13.4. The van der Waals surface area contributed by atoms with Crippen LogP contribution in [0, 0.1) is 24.0 Å². The summed E-state index contributed by atoms with van der Waals surface area (Å²) in [6.07, 6.45) is 1.00. The topological polar surface area (TPSA) is 88.8 Å². The average Bonchev–Trinajstić information content (AvgIpc) is 3.26. The molecule has 1 aliphatic rings. The van der Waals surface area contributed by atoms with Crippen LogP contribution in [0.1, 0.15) is 23.1 Å². The van der Waals surface area contributed by atoms with Crippen LogP contribution in [0.3, 0.4) is 0 Å². The number of morpholine rings is 1. The number of rotatable bonds is 8. The van der Waals surface area contributed by atoms with Crippen molar-refractivity contribution in [1.29, 1.82) is 0 Å². The van der Waals surface area contributed by atoms with Crippen LogP contribution in [0.25, 0.3) is 10.2 Å². The predicted octanol–water partition coefficient (Wildman–Crippen LogP) is 4.12. The molecule has 1 amide bonds. The lowest BCUT2D eigenvalue weighted by atomic mass is 10.1. The number of thiazole rings is 1. The fraction of sp³-hybridized carbons (Fsp3) is 0.417. The van der Waals surface area contributed by atoms with E-state index < -0.39 is 4.92 Å². The highest BCUT2D eigenvalue weighted by atomic mass is 32.1. The first kappa shape index (κ1) is 23.3. The molecule has 1 fully saturated rings. The van der Waals surface area contributed by atoms with Gasteiger partial charge in [0.1, 0.15) is 0 Å². The molecule has 8 nitrogen and oxygen atoms in total. The van der Waals surface area contributed by atoms with Gasteiger partial charge in [0.2, 0.25) is 5.91 Å². The van der Waals surface area contributed by atoms with E-state index >= 15 is 0 Å². The van der Waals surface area contributed by atoms with Crippen molar-refractivity contribution in [3.05, 3.63) is 63.2 Å². The summed E-state index contributed by atoms with van der Waals surface area (Å²) in [7, 11) is 0. The largest absolute Gasteiger partial charge is 0.379 e. The van der Waals surface area contributed by atoms with Gasteiger partial charge in [-0.05, 0) is 37.0 Å². The Balaban J connectivity index is 1.55. The molecule has 0 unspecified atom stereocenters. The average molecular weight is 469 g/mol. The van der Waals surface area contributed by atoms with Crippen LogP contribution in [0.15, 0.2) is 36.4 Å². The summed E-state index contributed by atoms with van der Waals surface area (Å²) < 4.78 is 6.53. The Morgan fingerprint density at radius 3 is 2.52 bits per heavy atom. The third-order valence-electron chi connectivity index (χ3n) is 5.93. The molecular weight excluding hydrogens is 440 g/mol. The van der Waals surface area contributed by atoms with E-state index in [0.29, 0.717) is 11.7 Å². The highest BCUT2D eigenvalue weighted by Gasteiger charge is 2.22. The molecule has 0 bridgehead atoms. The Labute approximate surface area is 196 Å². The van der Waals surface area contributed by atoms with Gasteiger partial charge in [0, 0.05) is 38.3 Å². The van der Waals surface area contributed by atoms with Crippen molar-refractivity contribution < 1.29 is 14.5 Å². The van der Waals surface area contributed by atoms with Crippen LogP contribution >= 0.6 is 11.3 Å². The number of amides is 1. The zero-order chi connectivity index (χ0) is 23.4. The molecule has 1 aromatic heterocycles. The lowest BCUT2D eigenvalue weighted by molar-refractivity contribution is -0.384. The molecule has 0 aliphatic carbocycles. The van der Waals surface area contributed by atoms with Crippen LogP contribution < -0.4 is 4.90 Å². The molecule has 0 N–H and O–H groups in total. The zero-order valence-corrected chi connectivity index (χ0v) is 19.8. The molecule has 1 aliphatic heterocycles. The van der Waals surface area contributed by atoms with Crippen LogP contribution in [0.2, 0.25) is 0 Å². The molecule has 174 valence electrons. The minimum absolute atomic E-state index is 0.0192. The number of nitrogens with zero attached hydrogens (tertiary/aromatic N) is 4.